The molecular weight excluding hydrogens is 1290 g/mol. The molecule has 0 saturated heterocycles. The van der Waals surface area contributed by atoms with Crippen LogP contribution in [0.15, 0.2) is 239 Å². The van der Waals surface area contributed by atoms with Crippen LogP contribution in [0.2, 0.25) is 39.3 Å². The minimum Gasteiger partial charge on any atom is -0.404 e. The van der Waals surface area contributed by atoms with Gasteiger partial charge in [0, 0.05) is 83.0 Å². The van der Waals surface area contributed by atoms with Gasteiger partial charge in [0.1, 0.15) is 22.6 Å². The number of fused-ring (bicyclic) bond motifs is 14. The number of aromatic nitrogens is 2. The molecule has 0 radical (unpaired) electrons. The molecule has 17 heteroatoms. The van der Waals surface area contributed by atoms with E-state index in [-0.39, 0.29) is 21.7 Å². The van der Waals surface area contributed by atoms with Crippen LogP contribution in [-0.4, -0.2) is 57.3 Å². The summed E-state index contributed by atoms with van der Waals surface area (Å²) in [5.41, 5.74) is 9.88. The SMILES string of the molecule is CC(C)(C)c1ccc(Sc2cccc3c2C2=NC/3=N\c3c4c(Sc5ccc(C(C)(C)C)cc5)cccc4c4n3[Si](O[Si](C)(C)C)(O[Si](C)(C)C)n3/c(c5cccc(Sc6ccc(C(C)(C)C)cc6)c5/c3=N/C3=NC(=N\4)/c4c(Sc5ccc(C(C)(C)C)cc5)cccc43)=N\2)cc1. The summed E-state index contributed by atoms with van der Waals surface area (Å²) in [6, 6.07) is 62.1. The average Bonchev–Trinajstić information content (AvgIpc) is 1.53. The molecular formula is C78H82N8O2S4Si3. The van der Waals surface area contributed by atoms with Gasteiger partial charge in [-0.15, -0.1) is 0 Å². The lowest BCUT2D eigenvalue weighted by atomic mass is 9.87. The summed E-state index contributed by atoms with van der Waals surface area (Å²) in [7, 11) is -10.2. The zero-order chi connectivity index (χ0) is 67.1. The normalized spacial score (nSPS) is 17.0. The molecule has 0 unspecified atom stereocenters. The molecule has 10 aromatic rings. The van der Waals surface area contributed by atoms with Gasteiger partial charge in [0.05, 0.1) is 0 Å². The van der Waals surface area contributed by atoms with E-state index in [1.165, 1.54) is 22.3 Å². The molecule has 0 spiro atoms. The van der Waals surface area contributed by atoms with Crippen LogP contribution < -0.4 is 11.0 Å². The minimum atomic E-state index is -4.54. The first-order valence-corrected chi connectivity index (χ1v) is 44.5. The number of hydrogen-bond acceptors (Lipinski definition) is 12. The highest BCUT2D eigenvalue weighted by Crippen LogP contribution is 2.51. The maximum atomic E-state index is 8.41. The fourth-order valence-electron chi connectivity index (χ4n) is 12.6. The van der Waals surface area contributed by atoms with Crippen molar-refractivity contribution in [3.63, 3.8) is 0 Å². The Balaban J connectivity index is 1.16. The molecule has 0 atom stereocenters. The third kappa shape index (κ3) is 12.4. The van der Waals surface area contributed by atoms with Crippen LogP contribution in [0, 0.1) is 0 Å². The topological polar surface area (TPSA) is 102 Å². The van der Waals surface area contributed by atoms with Gasteiger partial charge >= 0.3 is 8.88 Å². The fourth-order valence-corrected chi connectivity index (χ4v) is 26.9. The second-order valence-electron chi connectivity index (χ2n) is 31.1. The van der Waals surface area contributed by atoms with Gasteiger partial charge in [-0.05, 0) is 156 Å². The Hall–Kier alpha value is -6.91. The third-order valence-corrected chi connectivity index (χ3v) is 30.6. The number of benzene rings is 8. The van der Waals surface area contributed by atoms with Crippen LogP contribution in [0.5, 0.6) is 0 Å². The van der Waals surface area contributed by atoms with Crippen LogP contribution in [0.3, 0.4) is 0 Å². The first-order chi connectivity index (χ1) is 44.8. The summed E-state index contributed by atoms with van der Waals surface area (Å²) in [6.45, 7) is 40.7. The Labute approximate surface area is 579 Å². The van der Waals surface area contributed by atoms with Crippen molar-refractivity contribution in [1.82, 2.24) is 8.47 Å². The van der Waals surface area contributed by atoms with E-state index in [2.05, 4.69) is 301 Å². The summed E-state index contributed by atoms with van der Waals surface area (Å²) < 4.78 is 21.4. The van der Waals surface area contributed by atoms with Gasteiger partial charge < -0.3 is 8.23 Å². The maximum absolute atomic E-state index is 8.41. The molecule has 14 rings (SSSR count). The van der Waals surface area contributed by atoms with Gasteiger partial charge in [-0.1, -0.05) is 227 Å². The highest BCUT2D eigenvalue weighted by atomic mass is 32.2. The first-order valence-electron chi connectivity index (χ1n) is 32.7. The lowest BCUT2D eigenvalue weighted by Crippen LogP contribution is -2.69. The summed E-state index contributed by atoms with van der Waals surface area (Å²) >= 11 is 6.90. The van der Waals surface area contributed by atoms with Gasteiger partial charge in [0.2, 0.25) is 0 Å². The average molecular weight is 1380 g/mol. The Morgan fingerprint density at radius 1 is 0.326 bits per heavy atom. The van der Waals surface area contributed by atoms with Crippen molar-refractivity contribution < 1.29 is 8.23 Å². The molecule has 0 fully saturated rings. The number of hydrogen-bond donors (Lipinski definition) is 0. The van der Waals surface area contributed by atoms with Gasteiger partial charge in [0.15, 0.2) is 40.0 Å². The number of aliphatic imine (C=N–C) groups is 4. The van der Waals surface area contributed by atoms with Crippen molar-refractivity contribution in [3.8, 4) is 0 Å². The van der Waals surface area contributed by atoms with Crippen molar-refractivity contribution in [3.05, 3.63) is 225 Å². The smallest absolute Gasteiger partial charge is 0.404 e. The third-order valence-electron chi connectivity index (χ3n) is 17.3. The lowest BCUT2D eigenvalue weighted by Gasteiger charge is -2.41. The van der Waals surface area contributed by atoms with E-state index >= 15 is 0 Å². The predicted molar refractivity (Wildman–Crippen MR) is 407 cm³/mol. The summed E-state index contributed by atoms with van der Waals surface area (Å²) in [5.74, 6) is 3.44. The molecule has 0 N–H and O–H groups in total. The maximum Gasteiger partial charge on any atom is 0.582 e. The summed E-state index contributed by atoms with van der Waals surface area (Å²) in [6.07, 6.45) is 0. The molecule has 0 amide bonds. The Morgan fingerprint density at radius 3 is 1.08 bits per heavy atom. The first kappa shape index (κ1) is 65.4. The van der Waals surface area contributed by atoms with Crippen molar-refractivity contribution >= 4 is 129 Å². The molecule has 0 saturated carbocycles. The van der Waals surface area contributed by atoms with Gasteiger partial charge in [-0.2, -0.15) is 0 Å². The van der Waals surface area contributed by atoms with Gasteiger partial charge in [0.25, 0.3) is 0 Å². The molecule has 4 aliphatic rings. The van der Waals surface area contributed by atoms with E-state index in [1.54, 1.807) is 47.0 Å². The summed E-state index contributed by atoms with van der Waals surface area (Å²) in [5, 5.41) is 3.57. The molecule has 6 bridgehead atoms. The zero-order valence-corrected chi connectivity index (χ0v) is 64.0. The van der Waals surface area contributed by atoms with E-state index in [0.29, 0.717) is 46.0 Å². The van der Waals surface area contributed by atoms with E-state index in [4.69, 9.17) is 38.2 Å². The lowest BCUT2D eigenvalue weighted by molar-refractivity contribution is 0.340. The highest BCUT2D eigenvalue weighted by Gasteiger charge is 2.57. The van der Waals surface area contributed by atoms with Crippen molar-refractivity contribution in [2.45, 2.75) is 183 Å². The number of nitrogens with zero attached hydrogens (tertiary/aromatic N) is 8. The van der Waals surface area contributed by atoms with E-state index < -0.39 is 25.5 Å². The van der Waals surface area contributed by atoms with Crippen molar-refractivity contribution in [2.75, 3.05) is 0 Å². The molecule has 95 heavy (non-hydrogen) atoms. The largest absolute Gasteiger partial charge is 0.582 e. The second-order valence-corrected chi connectivity index (χ2v) is 47.7. The molecule has 4 aliphatic heterocycles. The highest BCUT2D eigenvalue weighted by molar-refractivity contribution is 8.00. The predicted octanol–water partition coefficient (Wildman–Crippen LogP) is 20.9. The van der Waals surface area contributed by atoms with Crippen LogP contribution >= 0.6 is 47.0 Å². The fraction of sp³-hybridized carbons (Fsp3) is 0.282. The summed E-state index contributed by atoms with van der Waals surface area (Å²) in [4.78, 5) is 44.1. The molecule has 0 aliphatic carbocycles. The second kappa shape index (κ2) is 23.7. The Morgan fingerprint density at radius 2 is 0.663 bits per heavy atom. The monoisotopic (exact) mass is 1370 g/mol. The molecule has 8 aromatic carbocycles. The minimum absolute atomic E-state index is 0.00185. The van der Waals surface area contributed by atoms with Crippen LogP contribution in [0.4, 0.5) is 11.6 Å². The van der Waals surface area contributed by atoms with E-state index in [1.807, 2.05) is 0 Å². The van der Waals surface area contributed by atoms with E-state index in [0.717, 1.165) is 83.0 Å². The zero-order valence-electron chi connectivity index (χ0n) is 57.7. The van der Waals surface area contributed by atoms with Gasteiger partial charge in [-0.3, -0.25) is 8.47 Å². The molecule has 10 nitrogen and oxygen atoms in total. The van der Waals surface area contributed by atoms with Crippen molar-refractivity contribution in [2.24, 2.45) is 30.0 Å². The Bertz CT molecular complexity index is 5030. The van der Waals surface area contributed by atoms with Crippen molar-refractivity contribution in [1.29, 1.82) is 0 Å². The van der Waals surface area contributed by atoms with Crippen LogP contribution in [0.1, 0.15) is 128 Å². The van der Waals surface area contributed by atoms with E-state index in [9.17, 15) is 0 Å². The number of rotatable bonds is 12. The molecule has 2 aromatic heterocycles. The van der Waals surface area contributed by atoms with Crippen LogP contribution in [0.25, 0.3) is 21.5 Å². The quantitative estimate of drug-likeness (QED) is 0.113. The number of amidine groups is 4. The Kier molecular flexibility index (Phi) is 16.3. The standard InChI is InChI=1S/C78H82N8O2S4Si3/c1-75(2,3)47-31-39-51(40-32-47)89-59-27-19-23-55-63(59)69-79-67(55)81-73-66-58(26-22-30-62(66)92-54-45-37-50(38-46-54)78(10,11)12)72-84-70-64-56(24-20-28-60(64)90-52-41-33-48(34-42-52)76(4,5)6)68(80-70)82-74-65-57(25-21-29-61(65)91-53-43-35-49(36-44-53)77(7,8)9)71(83-69)85(74)95(86(72)73,87-93(13,14)15)88-94(16,17)18/h19-46H,1-18H3/b81-67-,81-73?,82-68?,82-74-,83-69?,83-71-,84-70-,84-72?. The van der Waals surface area contributed by atoms with Gasteiger partial charge in [-0.25, -0.2) is 30.0 Å². The molecule has 6 heterocycles. The van der Waals surface area contributed by atoms with Crippen LogP contribution in [-0.2, 0) is 29.9 Å². The molecule has 482 valence electrons.